The van der Waals surface area contributed by atoms with Gasteiger partial charge in [-0.2, -0.15) is 0 Å². The Kier molecular flexibility index (Phi) is 4.51. The Bertz CT molecular complexity index is 4630. The Morgan fingerprint density at radius 1 is 0.356 bits per heavy atom. The van der Waals surface area contributed by atoms with Crippen LogP contribution in [0.3, 0.4) is 0 Å². The summed E-state index contributed by atoms with van der Waals surface area (Å²) in [6.45, 7) is 0. The number of fused-ring (bicyclic) bond motifs is 14. The van der Waals surface area contributed by atoms with E-state index in [1.54, 1.807) is 16.3 Å². The van der Waals surface area contributed by atoms with Gasteiger partial charge < -0.3 is 0 Å². The second kappa shape index (κ2) is 9.15. The molecule has 59 heavy (non-hydrogen) atoms. The first-order valence-electron chi connectivity index (χ1n) is 20.7. The molecule has 0 saturated heterocycles. The van der Waals surface area contributed by atoms with E-state index >= 15 is 0 Å². The predicted octanol–water partition coefficient (Wildman–Crippen LogP) is 17.5. The van der Waals surface area contributed by atoms with Gasteiger partial charge in [0.15, 0.2) is 0 Å². The van der Waals surface area contributed by atoms with Crippen molar-refractivity contribution in [1.29, 1.82) is 0 Å². The van der Waals surface area contributed by atoms with Gasteiger partial charge in [-0.05, 0) is 167 Å². The zero-order valence-corrected chi connectivity index (χ0v) is 33.5. The molecule has 13 aromatic carbocycles. The van der Waals surface area contributed by atoms with E-state index in [1.165, 1.54) is 155 Å². The summed E-state index contributed by atoms with van der Waals surface area (Å²) >= 11 is 6.05. The van der Waals surface area contributed by atoms with Gasteiger partial charge in [-0.1, -0.05) is 72.8 Å². The summed E-state index contributed by atoms with van der Waals surface area (Å²) < 4.78 is 2.90. The molecule has 0 bridgehead atoms. The maximum absolute atomic E-state index is 2.62. The Hall–Kier alpha value is -6.23. The molecule has 2 aromatic heterocycles. The van der Waals surface area contributed by atoms with Gasteiger partial charge in [0.05, 0.1) is 0 Å². The van der Waals surface area contributed by atoms with Crippen LogP contribution in [0.1, 0.15) is 27.9 Å². The first kappa shape index (κ1) is 29.1. The SMILES string of the molecule is C1=C2c3c4cc5ccccc5cc4cc4c5scc6c7c8ccccc8cc8c9scc%10c%11c%12cc%13ccccc%13cc%12cc%12c%11c%11c(c(c34)c(c65)c(c87)c%11c%109)C2C%12S1. The average Bonchev–Trinajstić information content (AvgIpc) is 4.04. The van der Waals surface area contributed by atoms with Crippen LogP contribution < -0.4 is 0 Å². The van der Waals surface area contributed by atoms with Crippen molar-refractivity contribution >= 4 is 189 Å². The average molecular weight is 793 g/mol. The molecule has 0 fully saturated rings. The Morgan fingerprint density at radius 3 is 1.63 bits per heavy atom. The van der Waals surface area contributed by atoms with Crippen LogP contribution in [0, 0.1) is 0 Å². The van der Waals surface area contributed by atoms with Gasteiger partial charge in [0, 0.05) is 74.4 Å². The van der Waals surface area contributed by atoms with Crippen molar-refractivity contribution in [2.45, 2.75) is 11.2 Å². The van der Waals surface area contributed by atoms with E-state index in [-0.39, 0.29) is 5.92 Å². The molecule has 2 atom stereocenters. The largest absolute Gasteiger partial charge is 0.142 e. The molecule has 0 saturated carbocycles. The molecule has 0 amide bonds. The molecular weight excluding hydrogens is 769 g/mol. The van der Waals surface area contributed by atoms with Crippen LogP contribution in [0.25, 0.3) is 155 Å². The molecule has 2 aliphatic carbocycles. The lowest BCUT2D eigenvalue weighted by Gasteiger charge is -2.38. The van der Waals surface area contributed by atoms with E-state index in [9.17, 15) is 0 Å². The molecule has 2 unspecified atom stereocenters. The third-order valence-corrected chi connectivity index (χ3v) is 18.6. The molecule has 18 rings (SSSR count). The highest BCUT2D eigenvalue weighted by Crippen LogP contribution is 2.70. The standard InChI is InChI=1S/C56H24S3/c1-4-10-26-16-32-28(13-23(26)7-1)18-34-43-41(32)38-22-59-56-35-19-29-14-24-8-2-3-9-25(24)15-31(29)40-37-21-58-54-33-17-27-11-5-6-12-30(27)39-36-20-57-55(34)45(36)51-48(42(33)39)52(46(37)54)50(44(35)40)53(47(38)56)49(43)51/h1-22,47,56H. The lowest BCUT2D eigenvalue weighted by molar-refractivity contribution is 0.859. The maximum Gasteiger partial charge on any atom is 0.0455 e. The van der Waals surface area contributed by atoms with Gasteiger partial charge in [-0.25, -0.2) is 0 Å². The van der Waals surface area contributed by atoms with Gasteiger partial charge in [0.25, 0.3) is 0 Å². The minimum absolute atomic E-state index is 0.286. The summed E-state index contributed by atoms with van der Waals surface area (Å²) in [6, 6.07) is 44.9. The van der Waals surface area contributed by atoms with E-state index in [1.807, 2.05) is 22.7 Å². The van der Waals surface area contributed by atoms with E-state index in [4.69, 9.17) is 0 Å². The Labute approximate surface area is 346 Å². The molecule has 3 heteroatoms. The van der Waals surface area contributed by atoms with Crippen LogP contribution in [-0.2, 0) is 0 Å². The lowest BCUT2D eigenvalue weighted by Crippen LogP contribution is -2.17. The third kappa shape index (κ3) is 2.91. The molecule has 0 spiro atoms. The summed E-state index contributed by atoms with van der Waals surface area (Å²) in [5.41, 5.74) is 6.17. The molecule has 15 aromatic rings. The molecular formula is C56H24S3. The van der Waals surface area contributed by atoms with Crippen molar-refractivity contribution in [2.75, 3.05) is 0 Å². The van der Waals surface area contributed by atoms with Gasteiger partial charge >= 0.3 is 0 Å². The van der Waals surface area contributed by atoms with Crippen molar-refractivity contribution in [2.24, 2.45) is 0 Å². The number of benzene rings is 13. The first-order chi connectivity index (χ1) is 29.3. The number of hydrogen-bond donors (Lipinski definition) is 0. The van der Waals surface area contributed by atoms with Crippen LogP contribution in [0.2, 0.25) is 0 Å². The summed E-state index contributed by atoms with van der Waals surface area (Å²) in [5.74, 6) is 0.286. The molecule has 0 radical (unpaired) electrons. The van der Waals surface area contributed by atoms with Gasteiger partial charge in [0.2, 0.25) is 0 Å². The van der Waals surface area contributed by atoms with Crippen LogP contribution in [0.15, 0.2) is 131 Å². The Morgan fingerprint density at radius 2 is 0.898 bits per heavy atom. The molecule has 0 nitrogen and oxygen atoms in total. The van der Waals surface area contributed by atoms with E-state index in [0.29, 0.717) is 5.25 Å². The molecule has 266 valence electrons. The zero-order valence-electron chi connectivity index (χ0n) is 31.1. The smallest absolute Gasteiger partial charge is 0.0455 e. The fourth-order valence-electron chi connectivity index (χ4n) is 13.3. The highest BCUT2D eigenvalue weighted by Gasteiger charge is 2.46. The number of allylic oxidation sites excluding steroid dienone is 1. The summed E-state index contributed by atoms with van der Waals surface area (Å²) in [7, 11) is 0. The Balaban J connectivity index is 1.24. The highest BCUT2D eigenvalue weighted by molar-refractivity contribution is 8.03. The fraction of sp³-hybridized carbons (Fsp3) is 0.0357. The zero-order chi connectivity index (χ0) is 37.3. The van der Waals surface area contributed by atoms with Gasteiger partial charge in [-0.15, -0.1) is 34.4 Å². The number of rotatable bonds is 0. The van der Waals surface area contributed by atoms with Crippen molar-refractivity contribution in [3.8, 4) is 0 Å². The van der Waals surface area contributed by atoms with Gasteiger partial charge in [-0.3, -0.25) is 0 Å². The monoisotopic (exact) mass is 792 g/mol. The van der Waals surface area contributed by atoms with Crippen LogP contribution >= 0.6 is 34.4 Å². The van der Waals surface area contributed by atoms with Crippen LogP contribution in [0.4, 0.5) is 0 Å². The highest BCUT2D eigenvalue weighted by atomic mass is 32.2. The lowest BCUT2D eigenvalue weighted by atomic mass is 9.65. The van der Waals surface area contributed by atoms with Crippen molar-refractivity contribution in [1.82, 2.24) is 0 Å². The second-order valence-electron chi connectivity index (χ2n) is 17.7. The van der Waals surface area contributed by atoms with Gasteiger partial charge in [0.1, 0.15) is 0 Å². The molecule has 3 aliphatic rings. The van der Waals surface area contributed by atoms with E-state index < -0.39 is 0 Å². The van der Waals surface area contributed by atoms with Crippen LogP contribution in [-0.4, -0.2) is 0 Å². The topological polar surface area (TPSA) is 0 Å². The molecule has 0 N–H and O–H groups in total. The maximum atomic E-state index is 2.62. The first-order valence-corrected chi connectivity index (χ1v) is 23.4. The minimum Gasteiger partial charge on any atom is -0.142 e. The van der Waals surface area contributed by atoms with E-state index in [0.717, 1.165) is 0 Å². The summed E-state index contributed by atoms with van der Waals surface area (Å²) in [5, 5.41) is 45.2. The van der Waals surface area contributed by atoms with Crippen molar-refractivity contribution in [3.05, 3.63) is 148 Å². The summed E-state index contributed by atoms with van der Waals surface area (Å²) in [6.07, 6.45) is 0. The predicted molar refractivity (Wildman–Crippen MR) is 262 cm³/mol. The van der Waals surface area contributed by atoms with Crippen molar-refractivity contribution < 1.29 is 0 Å². The van der Waals surface area contributed by atoms with Crippen LogP contribution in [0.5, 0.6) is 0 Å². The van der Waals surface area contributed by atoms with Crippen molar-refractivity contribution in [3.63, 3.8) is 0 Å². The van der Waals surface area contributed by atoms with E-state index in [2.05, 4.69) is 143 Å². The summed E-state index contributed by atoms with van der Waals surface area (Å²) in [4.78, 5) is 0. The molecule has 1 aliphatic heterocycles. The number of hydrogen-bond acceptors (Lipinski definition) is 3. The quantitative estimate of drug-likeness (QED) is 0.109. The minimum atomic E-state index is 0.286. The second-order valence-corrected chi connectivity index (χ2v) is 20.5. The molecule has 3 heterocycles. The number of thioether (sulfide) groups is 1. The number of thiophene rings is 2. The third-order valence-electron chi connectivity index (χ3n) is 15.4. The fourth-order valence-corrected chi connectivity index (χ4v) is 16.9. The normalized spacial score (nSPS) is 17.5.